The van der Waals surface area contributed by atoms with Crippen LogP contribution in [0.2, 0.25) is 4.34 Å². The van der Waals surface area contributed by atoms with Crippen LogP contribution in [-0.2, 0) is 6.54 Å². The smallest absolute Gasteiger partial charge is 0.198 e. The normalized spacial score (nSPS) is 14.8. The lowest BCUT2D eigenvalue weighted by Gasteiger charge is -2.03. The largest absolute Gasteiger partial charge is 0.440 e. The van der Waals surface area contributed by atoms with Crippen molar-refractivity contribution in [3.8, 4) is 0 Å². The highest BCUT2D eigenvalue weighted by atomic mass is 35.5. The molecule has 0 amide bonds. The standard InChI is InChI=1S/C14H12ClN3OS/c15-12-6-17-13(20-12)7-16-9-3-4-11-10(5-9)18-14(19-11)8-1-2-8/h3-6,8,16H,1-2,7H2. The molecule has 0 atom stereocenters. The maximum Gasteiger partial charge on any atom is 0.198 e. The first-order valence-corrected chi connectivity index (χ1v) is 7.72. The number of hydrogen-bond donors (Lipinski definition) is 1. The van der Waals surface area contributed by atoms with Gasteiger partial charge in [-0.05, 0) is 31.0 Å². The molecule has 1 saturated carbocycles. The van der Waals surface area contributed by atoms with Crippen molar-refractivity contribution in [2.45, 2.75) is 25.3 Å². The zero-order valence-corrected chi connectivity index (χ0v) is 12.2. The Morgan fingerprint density at radius 1 is 1.40 bits per heavy atom. The second-order valence-electron chi connectivity index (χ2n) is 4.92. The van der Waals surface area contributed by atoms with Crippen LogP contribution in [0.15, 0.2) is 28.8 Å². The number of oxazole rings is 1. The highest BCUT2D eigenvalue weighted by Gasteiger charge is 2.28. The maximum absolute atomic E-state index is 5.86. The Balaban J connectivity index is 1.54. The zero-order chi connectivity index (χ0) is 13.5. The molecule has 102 valence electrons. The number of nitrogens with zero attached hydrogens (tertiary/aromatic N) is 2. The van der Waals surface area contributed by atoms with Gasteiger partial charge in [-0.1, -0.05) is 11.6 Å². The van der Waals surface area contributed by atoms with Crippen molar-refractivity contribution in [3.63, 3.8) is 0 Å². The Morgan fingerprint density at radius 3 is 3.05 bits per heavy atom. The Labute approximate surface area is 124 Å². The minimum absolute atomic E-state index is 0.538. The van der Waals surface area contributed by atoms with Crippen LogP contribution in [0, 0.1) is 0 Å². The molecule has 4 nitrogen and oxygen atoms in total. The first-order valence-electron chi connectivity index (χ1n) is 6.52. The van der Waals surface area contributed by atoms with Crippen molar-refractivity contribution in [2.75, 3.05) is 5.32 Å². The average molecular weight is 306 g/mol. The van der Waals surface area contributed by atoms with Gasteiger partial charge in [0, 0.05) is 11.6 Å². The second-order valence-corrected chi connectivity index (χ2v) is 6.67. The fourth-order valence-corrected chi connectivity index (χ4v) is 3.00. The first kappa shape index (κ1) is 12.2. The van der Waals surface area contributed by atoms with Crippen LogP contribution in [0.25, 0.3) is 11.1 Å². The molecule has 0 aliphatic heterocycles. The molecule has 2 aromatic heterocycles. The lowest BCUT2D eigenvalue weighted by molar-refractivity contribution is 0.533. The van der Waals surface area contributed by atoms with Gasteiger partial charge in [-0.2, -0.15) is 0 Å². The van der Waals surface area contributed by atoms with E-state index in [4.69, 9.17) is 16.0 Å². The fraction of sp³-hybridized carbons (Fsp3) is 0.286. The predicted molar refractivity (Wildman–Crippen MR) is 80.4 cm³/mol. The summed E-state index contributed by atoms with van der Waals surface area (Å²) in [6.07, 6.45) is 4.07. The van der Waals surface area contributed by atoms with E-state index in [2.05, 4.69) is 15.3 Å². The summed E-state index contributed by atoms with van der Waals surface area (Å²) in [5, 5.41) is 4.29. The minimum atomic E-state index is 0.538. The second kappa shape index (κ2) is 4.75. The molecule has 4 rings (SSSR count). The third-order valence-corrected chi connectivity index (χ3v) is 4.41. The molecule has 3 aromatic rings. The van der Waals surface area contributed by atoms with E-state index in [0.717, 1.165) is 27.7 Å². The van der Waals surface area contributed by atoms with Gasteiger partial charge >= 0.3 is 0 Å². The summed E-state index contributed by atoms with van der Waals surface area (Å²) in [6, 6.07) is 5.98. The van der Waals surface area contributed by atoms with Crippen molar-refractivity contribution < 1.29 is 4.42 Å². The van der Waals surface area contributed by atoms with E-state index in [1.54, 1.807) is 6.20 Å². The van der Waals surface area contributed by atoms with Gasteiger partial charge in [-0.25, -0.2) is 9.97 Å². The highest BCUT2D eigenvalue weighted by Crippen LogP contribution is 2.40. The van der Waals surface area contributed by atoms with Gasteiger partial charge in [0.05, 0.1) is 12.7 Å². The topological polar surface area (TPSA) is 51.0 Å². The molecular formula is C14H12ClN3OS. The molecule has 0 spiro atoms. The van der Waals surface area contributed by atoms with Crippen LogP contribution in [0.5, 0.6) is 0 Å². The quantitative estimate of drug-likeness (QED) is 0.775. The van der Waals surface area contributed by atoms with E-state index in [1.807, 2.05) is 18.2 Å². The van der Waals surface area contributed by atoms with Gasteiger partial charge in [0.25, 0.3) is 0 Å². The Kier molecular flexibility index (Phi) is 2.89. The summed E-state index contributed by atoms with van der Waals surface area (Å²) >= 11 is 7.35. The van der Waals surface area contributed by atoms with Crippen LogP contribution in [0.3, 0.4) is 0 Å². The molecule has 0 saturated heterocycles. The number of nitrogens with one attached hydrogen (secondary N) is 1. The minimum Gasteiger partial charge on any atom is -0.440 e. The average Bonchev–Trinajstić information content (AvgIpc) is 3.08. The summed E-state index contributed by atoms with van der Waals surface area (Å²) in [7, 11) is 0. The summed E-state index contributed by atoms with van der Waals surface area (Å²) in [4.78, 5) is 8.77. The van der Waals surface area contributed by atoms with Crippen LogP contribution < -0.4 is 5.32 Å². The SMILES string of the molecule is Clc1cnc(CNc2ccc3oc(C4CC4)nc3c2)s1. The number of anilines is 1. The van der Waals surface area contributed by atoms with Gasteiger partial charge in [0.1, 0.15) is 14.9 Å². The number of aromatic nitrogens is 2. The lowest BCUT2D eigenvalue weighted by atomic mass is 10.3. The maximum atomic E-state index is 5.86. The van der Waals surface area contributed by atoms with Crippen LogP contribution in [0.1, 0.15) is 29.7 Å². The van der Waals surface area contributed by atoms with Crippen molar-refractivity contribution in [3.05, 3.63) is 39.6 Å². The van der Waals surface area contributed by atoms with Gasteiger partial charge in [0.2, 0.25) is 0 Å². The molecule has 20 heavy (non-hydrogen) atoms. The van der Waals surface area contributed by atoms with Crippen LogP contribution >= 0.6 is 22.9 Å². The summed E-state index contributed by atoms with van der Waals surface area (Å²) in [5.74, 6) is 1.42. The van der Waals surface area contributed by atoms with Crippen LogP contribution in [-0.4, -0.2) is 9.97 Å². The Hall–Kier alpha value is -1.59. The summed E-state index contributed by atoms with van der Waals surface area (Å²) < 4.78 is 6.46. The van der Waals surface area contributed by atoms with Gasteiger partial charge in [-0.3, -0.25) is 0 Å². The lowest BCUT2D eigenvalue weighted by Crippen LogP contribution is -1.98. The van der Waals surface area contributed by atoms with E-state index in [9.17, 15) is 0 Å². The van der Waals surface area contributed by atoms with E-state index < -0.39 is 0 Å². The van der Waals surface area contributed by atoms with E-state index in [-0.39, 0.29) is 0 Å². The number of thiazole rings is 1. The van der Waals surface area contributed by atoms with Crippen molar-refractivity contribution in [1.82, 2.24) is 9.97 Å². The molecule has 1 aliphatic carbocycles. The van der Waals surface area contributed by atoms with E-state index in [1.165, 1.54) is 24.2 Å². The van der Waals surface area contributed by atoms with Gasteiger partial charge in [-0.15, -0.1) is 11.3 Å². The molecule has 0 radical (unpaired) electrons. The summed E-state index contributed by atoms with van der Waals surface area (Å²) in [6.45, 7) is 0.663. The van der Waals surface area contributed by atoms with Crippen molar-refractivity contribution in [2.24, 2.45) is 0 Å². The van der Waals surface area contributed by atoms with Gasteiger partial charge < -0.3 is 9.73 Å². The number of benzene rings is 1. The molecule has 6 heteroatoms. The van der Waals surface area contributed by atoms with Crippen molar-refractivity contribution in [1.29, 1.82) is 0 Å². The molecule has 0 bridgehead atoms. The first-order chi connectivity index (χ1) is 9.78. The Bertz CT molecular complexity index is 763. The third kappa shape index (κ3) is 2.39. The highest BCUT2D eigenvalue weighted by molar-refractivity contribution is 7.15. The summed E-state index contributed by atoms with van der Waals surface area (Å²) in [5.41, 5.74) is 2.78. The van der Waals surface area contributed by atoms with E-state index in [0.29, 0.717) is 16.8 Å². The number of hydrogen-bond acceptors (Lipinski definition) is 5. The fourth-order valence-electron chi connectivity index (χ4n) is 2.11. The molecule has 1 N–H and O–H groups in total. The number of rotatable bonds is 4. The van der Waals surface area contributed by atoms with Crippen LogP contribution in [0.4, 0.5) is 5.69 Å². The Morgan fingerprint density at radius 2 is 2.30 bits per heavy atom. The predicted octanol–water partition coefficient (Wildman–Crippen LogP) is 4.43. The van der Waals surface area contributed by atoms with E-state index >= 15 is 0 Å². The third-order valence-electron chi connectivity index (χ3n) is 3.30. The van der Waals surface area contributed by atoms with Gasteiger partial charge in [0.15, 0.2) is 11.5 Å². The number of fused-ring (bicyclic) bond motifs is 1. The molecule has 1 aliphatic rings. The molecule has 0 unspecified atom stereocenters. The zero-order valence-electron chi connectivity index (χ0n) is 10.6. The monoisotopic (exact) mass is 305 g/mol. The molecule has 1 fully saturated rings. The van der Waals surface area contributed by atoms with Crippen molar-refractivity contribution >= 4 is 39.7 Å². The molecule has 2 heterocycles. The molecular weight excluding hydrogens is 294 g/mol. The number of halogens is 1. The molecule has 1 aromatic carbocycles.